The minimum absolute atomic E-state index is 0.0804. The van der Waals surface area contributed by atoms with Crippen LogP contribution in [0.15, 0.2) is 24.3 Å². The van der Waals surface area contributed by atoms with Gasteiger partial charge in [0, 0.05) is 18.1 Å². The molecule has 1 fully saturated rings. The van der Waals surface area contributed by atoms with Crippen molar-refractivity contribution in [1.82, 2.24) is 0 Å². The molecule has 0 saturated carbocycles. The normalized spacial score (nSPS) is 20.5. The van der Waals surface area contributed by atoms with Crippen LogP contribution in [0.5, 0.6) is 0 Å². The molecule has 1 aliphatic heterocycles. The lowest BCUT2D eigenvalue weighted by Crippen LogP contribution is -2.27. The predicted molar refractivity (Wildman–Crippen MR) is 66.1 cm³/mol. The van der Waals surface area contributed by atoms with E-state index in [0.29, 0.717) is 12.5 Å². The molecule has 1 aliphatic rings. The van der Waals surface area contributed by atoms with Gasteiger partial charge in [0.2, 0.25) is 0 Å². The van der Waals surface area contributed by atoms with Gasteiger partial charge in [-0.2, -0.15) is 0 Å². The molecule has 6 heteroatoms. The Hall–Kier alpha value is -1.66. The van der Waals surface area contributed by atoms with Crippen LogP contribution in [0.25, 0.3) is 0 Å². The van der Waals surface area contributed by atoms with Crippen LogP contribution >= 0.6 is 0 Å². The Labute approximate surface area is 105 Å². The molecule has 6 nitrogen and oxygen atoms in total. The molecule has 0 radical (unpaired) electrons. The third-order valence-corrected chi connectivity index (χ3v) is 3.00. The van der Waals surface area contributed by atoms with Crippen molar-refractivity contribution in [1.29, 1.82) is 0 Å². The molecule has 0 N–H and O–H groups in total. The molecule has 1 aromatic carbocycles. The fraction of sp³-hybridized carbons (Fsp3) is 0.500. The Balaban J connectivity index is 2.11. The second-order valence-corrected chi connectivity index (χ2v) is 4.23. The molecule has 1 aromatic rings. The van der Waals surface area contributed by atoms with Gasteiger partial charge in [0.1, 0.15) is 0 Å². The van der Waals surface area contributed by atoms with E-state index in [1.807, 2.05) is 0 Å². The standard InChI is InChI=1S/C12H16N2O4/c1-2-10-7-13(18-9-17-8-10)11-3-5-12(6-4-11)14(15)16/h3-6,10H,2,7-9H2,1H3. The van der Waals surface area contributed by atoms with Gasteiger partial charge < -0.3 is 4.74 Å². The fourth-order valence-corrected chi connectivity index (χ4v) is 1.82. The van der Waals surface area contributed by atoms with E-state index in [1.165, 1.54) is 12.1 Å². The van der Waals surface area contributed by atoms with Crippen molar-refractivity contribution >= 4 is 11.4 Å². The first-order valence-electron chi connectivity index (χ1n) is 5.93. The zero-order valence-electron chi connectivity index (χ0n) is 10.2. The van der Waals surface area contributed by atoms with Crippen molar-refractivity contribution in [2.75, 3.05) is 25.0 Å². The van der Waals surface area contributed by atoms with Gasteiger partial charge in [-0.15, -0.1) is 0 Å². The summed E-state index contributed by atoms with van der Waals surface area (Å²) in [5.74, 6) is 0.405. The number of ether oxygens (including phenoxy) is 1. The van der Waals surface area contributed by atoms with Crippen molar-refractivity contribution in [2.45, 2.75) is 13.3 Å². The quantitative estimate of drug-likeness (QED) is 0.610. The Morgan fingerprint density at radius 2 is 2.17 bits per heavy atom. The van der Waals surface area contributed by atoms with Crippen LogP contribution in [-0.2, 0) is 9.57 Å². The molecule has 0 aliphatic carbocycles. The summed E-state index contributed by atoms with van der Waals surface area (Å²) in [5, 5.41) is 12.3. The lowest BCUT2D eigenvalue weighted by Gasteiger charge is -2.23. The molecule has 1 atom stereocenters. The number of benzene rings is 1. The number of nitro groups is 1. The third-order valence-electron chi connectivity index (χ3n) is 3.00. The molecule has 98 valence electrons. The number of hydroxylamine groups is 1. The maximum Gasteiger partial charge on any atom is 0.269 e. The molecule has 1 saturated heterocycles. The average molecular weight is 252 g/mol. The van der Waals surface area contributed by atoms with Crippen LogP contribution in [0, 0.1) is 16.0 Å². The van der Waals surface area contributed by atoms with E-state index in [1.54, 1.807) is 17.2 Å². The minimum atomic E-state index is -0.412. The first kappa shape index (κ1) is 12.8. The largest absolute Gasteiger partial charge is 0.352 e. The van der Waals surface area contributed by atoms with Crippen LogP contribution in [0.1, 0.15) is 13.3 Å². The number of rotatable bonds is 3. The van der Waals surface area contributed by atoms with Crippen molar-refractivity contribution in [3.8, 4) is 0 Å². The number of hydrogen-bond donors (Lipinski definition) is 0. The highest BCUT2D eigenvalue weighted by Crippen LogP contribution is 2.22. The van der Waals surface area contributed by atoms with Crippen LogP contribution < -0.4 is 5.06 Å². The summed E-state index contributed by atoms with van der Waals surface area (Å²) in [6, 6.07) is 6.34. The Morgan fingerprint density at radius 1 is 1.44 bits per heavy atom. The molecular formula is C12H16N2O4. The summed E-state index contributed by atoms with van der Waals surface area (Å²) in [4.78, 5) is 15.6. The van der Waals surface area contributed by atoms with Gasteiger partial charge in [-0.3, -0.25) is 15.2 Å². The minimum Gasteiger partial charge on any atom is -0.352 e. The van der Waals surface area contributed by atoms with Gasteiger partial charge in [-0.1, -0.05) is 6.92 Å². The number of nitro benzene ring substituents is 1. The highest BCUT2D eigenvalue weighted by atomic mass is 16.8. The average Bonchev–Trinajstić information content (AvgIpc) is 2.64. The molecule has 0 spiro atoms. The zero-order chi connectivity index (χ0) is 13.0. The summed E-state index contributed by atoms with van der Waals surface area (Å²) in [6.45, 7) is 3.73. The van der Waals surface area contributed by atoms with E-state index in [2.05, 4.69) is 6.92 Å². The van der Waals surface area contributed by atoms with Crippen molar-refractivity contribution in [3.05, 3.63) is 34.4 Å². The van der Waals surface area contributed by atoms with E-state index in [4.69, 9.17) is 9.57 Å². The van der Waals surface area contributed by atoms with Gasteiger partial charge in [-0.25, -0.2) is 4.84 Å². The second kappa shape index (κ2) is 5.79. The summed E-state index contributed by atoms with van der Waals surface area (Å²) in [6.07, 6.45) is 1.01. The van der Waals surface area contributed by atoms with Crippen LogP contribution in [0.2, 0.25) is 0 Å². The summed E-state index contributed by atoms with van der Waals surface area (Å²) < 4.78 is 5.34. The third kappa shape index (κ3) is 2.96. The fourth-order valence-electron chi connectivity index (χ4n) is 1.82. The molecule has 0 bridgehead atoms. The lowest BCUT2D eigenvalue weighted by molar-refractivity contribution is -0.384. The maximum absolute atomic E-state index is 10.6. The highest BCUT2D eigenvalue weighted by molar-refractivity contribution is 5.49. The van der Waals surface area contributed by atoms with Gasteiger partial charge in [0.25, 0.3) is 5.69 Å². The van der Waals surface area contributed by atoms with Crippen LogP contribution in [0.3, 0.4) is 0 Å². The second-order valence-electron chi connectivity index (χ2n) is 4.23. The molecule has 1 heterocycles. The van der Waals surface area contributed by atoms with E-state index in [0.717, 1.165) is 18.7 Å². The first-order valence-corrected chi connectivity index (χ1v) is 5.93. The maximum atomic E-state index is 10.6. The number of non-ortho nitro benzene ring substituents is 1. The van der Waals surface area contributed by atoms with E-state index in [9.17, 15) is 10.1 Å². The van der Waals surface area contributed by atoms with Gasteiger partial charge >= 0.3 is 0 Å². The Kier molecular flexibility index (Phi) is 4.11. The molecule has 18 heavy (non-hydrogen) atoms. The smallest absolute Gasteiger partial charge is 0.269 e. The molecular weight excluding hydrogens is 236 g/mol. The monoisotopic (exact) mass is 252 g/mol. The number of nitrogens with zero attached hydrogens (tertiary/aromatic N) is 2. The van der Waals surface area contributed by atoms with Crippen LogP contribution in [0.4, 0.5) is 11.4 Å². The number of hydrogen-bond acceptors (Lipinski definition) is 5. The van der Waals surface area contributed by atoms with Gasteiger partial charge in [-0.05, 0) is 18.6 Å². The zero-order valence-corrected chi connectivity index (χ0v) is 10.2. The molecule has 1 unspecified atom stereocenters. The summed E-state index contributed by atoms with van der Waals surface area (Å²) in [5.41, 5.74) is 0.890. The van der Waals surface area contributed by atoms with Crippen molar-refractivity contribution < 1.29 is 14.5 Å². The molecule has 0 amide bonds. The van der Waals surface area contributed by atoms with Crippen molar-refractivity contribution in [2.24, 2.45) is 5.92 Å². The molecule has 2 rings (SSSR count). The number of anilines is 1. The summed E-state index contributed by atoms with van der Waals surface area (Å²) in [7, 11) is 0. The summed E-state index contributed by atoms with van der Waals surface area (Å²) >= 11 is 0. The first-order chi connectivity index (χ1) is 8.70. The SMILES string of the molecule is CCC1COCON(c2ccc([N+](=O)[O-])cc2)C1. The Morgan fingerprint density at radius 3 is 2.78 bits per heavy atom. The van der Waals surface area contributed by atoms with Gasteiger partial charge in [0.05, 0.1) is 23.8 Å². The van der Waals surface area contributed by atoms with E-state index in [-0.39, 0.29) is 12.5 Å². The lowest BCUT2D eigenvalue weighted by atomic mass is 10.1. The van der Waals surface area contributed by atoms with E-state index >= 15 is 0 Å². The molecule has 0 aromatic heterocycles. The highest BCUT2D eigenvalue weighted by Gasteiger charge is 2.19. The van der Waals surface area contributed by atoms with E-state index < -0.39 is 4.92 Å². The topological polar surface area (TPSA) is 64.8 Å². The van der Waals surface area contributed by atoms with Crippen LogP contribution in [-0.4, -0.2) is 24.9 Å². The predicted octanol–water partition coefficient (Wildman–Crippen LogP) is 2.35. The Bertz CT molecular complexity index is 407. The van der Waals surface area contributed by atoms with Crippen molar-refractivity contribution in [3.63, 3.8) is 0 Å². The van der Waals surface area contributed by atoms with Gasteiger partial charge in [0.15, 0.2) is 6.79 Å².